The molecule has 8 atom stereocenters. The second-order valence-electron chi connectivity index (χ2n) is 10.6. The van der Waals surface area contributed by atoms with Gasteiger partial charge in [-0.3, -0.25) is 0 Å². The van der Waals surface area contributed by atoms with E-state index >= 15 is 0 Å². The predicted molar refractivity (Wildman–Crippen MR) is 96.5 cm³/mol. The van der Waals surface area contributed by atoms with E-state index in [0.717, 1.165) is 37.7 Å². The second kappa shape index (κ2) is 4.63. The van der Waals surface area contributed by atoms with Crippen LogP contribution in [0.25, 0.3) is 0 Å². The zero-order valence-corrected chi connectivity index (χ0v) is 16.7. The van der Waals surface area contributed by atoms with E-state index in [-0.39, 0.29) is 29.0 Å². The molecule has 6 aliphatic rings. The normalized spacial score (nSPS) is 57.8. The first kappa shape index (κ1) is 17.0. The average Bonchev–Trinajstić information content (AvgIpc) is 3.21. The minimum Gasteiger partial charge on any atom is -0.458 e. The van der Waals surface area contributed by atoms with Gasteiger partial charge >= 0.3 is 5.97 Å². The van der Waals surface area contributed by atoms with Gasteiger partial charge in [0, 0.05) is 16.4 Å². The van der Waals surface area contributed by atoms with Crippen molar-refractivity contribution in [2.24, 2.45) is 28.6 Å². The van der Waals surface area contributed by atoms with Crippen LogP contribution in [-0.2, 0) is 19.0 Å². The predicted octanol–water partition coefficient (Wildman–Crippen LogP) is 2.96. The molecule has 0 radical (unpaired) electrons. The van der Waals surface area contributed by atoms with Crippen LogP contribution in [0.2, 0.25) is 0 Å². The van der Waals surface area contributed by atoms with E-state index in [2.05, 4.69) is 27.7 Å². The fourth-order valence-electron chi connectivity index (χ4n) is 8.04. The Balaban J connectivity index is 1.50. The number of rotatable bonds is 1. The highest BCUT2D eigenvalue weighted by Gasteiger charge is 2.85. The zero-order chi connectivity index (χ0) is 19.0. The van der Waals surface area contributed by atoms with Gasteiger partial charge in [0.15, 0.2) is 11.9 Å². The minimum atomic E-state index is -0.535. The molecule has 0 aromatic rings. The molecule has 0 bridgehead atoms. The molecule has 3 heterocycles. The van der Waals surface area contributed by atoms with E-state index in [1.165, 1.54) is 5.57 Å². The third-order valence-corrected chi connectivity index (χ3v) is 9.99. The summed E-state index contributed by atoms with van der Waals surface area (Å²) >= 11 is 0. The van der Waals surface area contributed by atoms with Crippen LogP contribution in [0.4, 0.5) is 0 Å². The molecule has 0 aromatic heterocycles. The van der Waals surface area contributed by atoms with E-state index in [4.69, 9.17) is 14.2 Å². The van der Waals surface area contributed by atoms with Crippen molar-refractivity contribution in [3.05, 3.63) is 11.1 Å². The Morgan fingerprint density at radius 3 is 2.63 bits per heavy atom. The van der Waals surface area contributed by atoms with Crippen molar-refractivity contribution in [1.82, 2.24) is 0 Å². The zero-order valence-electron chi connectivity index (χ0n) is 16.7. The highest BCUT2D eigenvalue weighted by Crippen LogP contribution is 2.78. The molecule has 0 amide bonds. The highest BCUT2D eigenvalue weighted by molar-refractivity contribution is 5.92. The third kappa shape index (κ3) is 1.51. The molecule has 5 nitrogen and oxygen atoms in total. The SMILES string of the molecule is CC(C)[C@]12O[C@H]1O[C@@]1(C)[C@]3(CC[C@H]3CC3C4=C(CC[C@@]31C)C(=O)OC4)[C@@H]2O. The first-order valence-electron chi connectivity index (χ1n) is 10.6. The van der Waals surface area contributed by atoms with Gasteiger partial charge in [-0.25, -0.2) is 4.79 Å². The van der Waals surface area contributed by atoms with Crippen LogP contribution in [0.15, 0.2) is 11.1 Å². The Hall–Kier alpha value is -0.910. The van der Waals surface area contributed by atoms with E-state index in [0.29, 0.717) is 18.4 Å². The topological polar surface area (TPSA) is 68.3 Å². The smallest absolute Gasteiger partial charge is 0.334 e. The summed E-state index contributed by atoms with van der Waals surface area (Å²) in [5.74, 6) is 0.828. The summed E-state index contributed by atoms with van der Waals surface area (Å²) in [4.78, 5) is 12.2. The summed E-state index contributed by atoms with van der Waals surface area (Å²) in [6, 6.07) is 0. The lowest BCUT2D eigenvalue weighted by molar-refractivity contribution is -0.348. The number of esters is 1. The quantitative estimate of drug-likeness (QED) is 0.565. The summed E-state index contributed by atoms with van der Waals surface area (Å²) in [5, 5.41) is 11.7. The molecule has 0 aromatic carbocycles. The summed E-state index contributed by atoms with van der Waals surface area (Å²) in [6.45, 7) is 9.28. The van der Waals surface area contributed by atoms with Crippen LogP contribution in [0, 0.1) is 28.6 Å². The van der Waals surface area contributed by atoms with Gasteiger partial charge < -0.3 is 19.3 Å². The number of aliphatic hydroxyl groups excluding tert-OH is 1. The van der Waals surface area contributed by atoms with Crippen molar-refractivity contribution in [3.8, 4) is 0 Å². The molecule has 3 aliphatic heterocycles. The van der Waals surface area contributed by atoms with Gasteiger partial charge in [0.25, 0.3) is 0 Å². The van der Waals surface area contributed by atoms with Crippen molar-refractivity contribution in [2.45, 2.75) is 83.4 Å². The lowest BCUT2D eigenvalue weighted by atomic mass is 9.34. The van der Waals surface area contributed by atoms with Gasteiger partial charge in [0.1, 0.15) is 6.61 Å². The molecule has 2 saturated carbocycles. The molecule has 2 saturated heterocycles. The van der Waals surface area contributed by atoms with E-state index < -0.39 is 17.3 Å². The van der Waals surface area contributed by atoms with Crippen LogP contribution in [0.3, 0.4) is 0 Å². The molecule has 5 heteroatoms. The number of epoxide rings is 1. The molecule has 148 valence electrons. The maximum atomic E-state index is 12.2. The molecule has 6 rings (SSSR count). The Bertz CT molecular complexity index is 788. The Labute approximate surface area is 160 Å². The van der Waals surface area contributed by atoms with Crippen molar-refractivity contribution >= 4 is 5.97 Å². The molecular formula is C22H30O5. The van der Waals surface area contributed by atoms with Gasteiger partial charge in [0.2, 0.25) is 0 Å². The molecule has 1 N–H and O–H groups in total. The maximum absolute atomic E-state index is 12.2. The Morgan fingerprint density at radius 2 is 1.96 bits per heavy atom. The lowest BCUT2D eigenvalue weighted by Gasteiger charge is -2.74. The number of carbonyl (C=O) groups excluding carboxylic acids is 1. The Morgan fingerprint density at radius 1 is 1.19 bits per heavy atom. The first-order valence-corrected chi connectivity index (χ1v) is 10.6. The highest BCUT2D eigenvalue weighted by atomic mass is 16.8. The standard InChI is InChI=1S/C22H30O5/c1-11(2)22-17(24)21-8-5-12(21)9-15-14-10-25-16(23)13(14)6-7-19(15,3)20(21,4)26-18(22)27-22/h11-12,15,17-18,24H,5-10H2,1-4H3/t12-,15?,17-,18+,19-,20+,21-,22+/m0/s1. The molecule has 1 spiro atoms. The van der Waals surface area contributed by atoms with Crippen LogP contribution in [0.1, 0.15) is 59.8 Å². The van der Waals surface area contributed by atoms with E-state index in [9.17, 15) is 9.90 Å². The summed E-state index contributed by atoms with van der Waals surface area (Å²) in [5.41, 5.74) is 0.792. The fourth-order valence-corrected chi connectivity index (χ4v) is 8.04. The number of hydrogen-bond donors (Lipinski definition) is 1. The number of fused-ring (bicyclic) bond motifs is 4. The summed E-state index contributed by atoms with van der Waals surface area (Å²) < 4.78 is 18.3. The van der Waals surface area contributed by atoms with E-state index in [1.807, 2.05) is 0 Å². The van der Waals surface area contributed by atoms with Crippen LogP contribution >= 0.6 is 0 Å². The minimum absolute atomic E-state index is 0.114. The largest absolute Gasteiger partial charge is 0.458 e. The monoisotopic (exact) mass is 374 g/mol. The van der Waals surface area contributed by atoms with Gasteiger partial charge in [-0.2, -0.15) is 0 Å². The number of cyclic esters (lactones) is 1. The van der Waals surface area contributed by atoms with Gasteiger partial charge in [-0.05, 0) is 62.4 Å². The second-order valence-corrected chi connectivity index (χ2v) is 10.6. The first-order chi connectivity index (χ1) is 12.7. The van der Waals surface area contributed by atoms with Crippen LogP contribution < -0.4 is 0 Å². The molecular weight excluding hydrogens is 344 g/mol. The van der Waals surface area contributed by atoms with E-state index in [1.54, 1.807) is 0 Å². The molecule has 1 unspecified atom stereocenters. The number of hydrogen-bond acceptors (Lipinski definition) is 5. The number of ether oxygens (including phenoxy) is 3. The van der Waals surface area contributed by atoms with Crippen molar-refractivity contribution in [1.29, 1.82) is 0 Å². The fraction of sp³-hybridized carbons (Fsp3) is 0.864. The van der Waals surface area contributed by atoms with Crippen molar-refractivity contribution < 1.29 is 24.1 Å². The average molecular weight is 374 g/mol. The lowest BCUT2D eigenvalue weighted by Crippen LogP contribution is -2.79. The summed E-state index contributed by atoms with van der Waals surface area (Å²) in [7, 11) is 0. The Kier molecular flexibility index (Phi) is 2.91. The number of aliphatic hydroxyl groups is 1. The van der Waals surface area contributed by atoms with Crippen LogP contribution in [0.5, 0.6) is 0 Å². The van der Waals surface area contributed by atoms with Crippen molar-refractivity contribution in [2.75, 3.05) is 6.61 Å². The molecule has 3 aliphatic carbocycles. The molecule has 27 heavy (non-hydrogen) atoms. The third-order valence-electron chi connectivity index (χ3n) is 9.99. The van der Waals surface area contributed by atoms with Gasteiger partial charge in [-0.15, -0.1) is 0 Å². The van der Waals surface area contributed by atoms with Crippen molar-refractivity contribution in [3.63, 3.8) is 0 Å². The van der Waals surface area contributed by atoms with Gasteiger partial charge in [-0.1, -0.05) is 20.8 Å². The van der Waals surface area contributed by atoms with Gasteiger partial charge in [0.05, 0.1) is 11.7 Å². The maximum Gasteiger partial charge on any atom is 0.334 e. The number of carbonyl (C=O) groups is 1. The molecule has 4 fully saturated rings. The van der Waals surface area contributed by atoms with Crippen LogP contribution in [-0.4, -0.2) is 41.3 Å². The summed E-state index contributed by atoms with van der Waals surface area (Å²) in [6.07, 6.45) is 4.03.